The number of hydrogen-bond donors (Lipinski definition) is 0. The van der Waals surface area contributed by atoms with Crippen LogP contribution in [0.25, 0.3) is 33.7 Å². The number of halogens is 2. The molecule has 0 atom stereocenters. The molecule has 2 N–H and O–H groups in total. The van der Waals surface area contributed by atoms with Gasteiger partial charge < -0.3 is 36.3 Å². The molecule has 62 heavy (non-hydrogen) atoms. The summed E-state index contributed by atoms with van der Waals surface area (Å²) in [7, 11) is 1.50. The first-order valence-electron chi connectivity index (χ1n) is 23.5. The minimum Gasteiger partial charge on any atom is -1.00 e. The van der Waals surface area contributed by atoms with Crippen LogP contribution in [-0.4, -0.2) is 32.1 Å². The van der Waals surface area contributed by atoms with Gasteiger partial charge in [0, 0.05) is 70.7 Å². The Morgan fingerprint density at radius 1 is 0.403 bits per heavy atom. The fraction of sp³-hybridized carbons (Fsp3) is 0.556. The zero-order valence-corrected chi connectivity index (χ0v) is 51.0. The van der Waals surface area contributed by atoms with Gasteiger partial charge in [0.25, 0.3) is 0 Å². The van der Waals surface area contributed by atoms with Gasteiger partial charge in [-0.25, -0.2) is 0 Å². The molecule has 0 heterocycles. The van der Waals surface area contributed by atoms with Gasteiger partial charge in [-0.3, -0.25) is 0 Å². The SMILES string of the molecule is CCCCCCCCCCCC[NH-].CCCCCCCCCCCC[NH-].C[SiH]C.C[SiH]C.[Cl-].[Cl-].[Hf].[Hf].[c-]1cccc2c1Cc1ccccc1-2.[c-]1cccc2c1Cc1ccccc1-2. The minimum absolute atomic E-state index is 0. The van der Waals surface area contributed by atoms with Crippen LogP contribution in [0.2, 0.25) is 26.2 Å². The fourth-order valence-electron chi connectivity index (χ4n) is 7.22. The second-order valence-corrected chi connectivity index (χ2v) is 18.1. The summed E-state index contributed by atoms with van der Waals surface area (Å²) >= 11 is 0. The molecule has 346 valence electrons. The monoisotopic (exact) mass is 1250 g/mol. The topological polar surface area (TPSA) is 47.6 Å². The van der Waals surface area contributed by atoms with Crippen molar-refractivity contribution in [2.75, 3.05) is 13.1 Å². The van der Waals surface area contributed by atoms with Crippen molar-refractivity contribution in [1.29, 1.82) is 0 Å². The van der Waals surface area contributed by atoms with Gasteiger partial charge in [0.15, 0.2) is 0 Å². The molecule has 0 amide bonds. The van der Waals surface area contributed by atoms with Crippen molar-refractivity contribution in [2.24, 2.45) is 0 Å². The molecule has 8 heteroatoms. The molecular weight excluding hydrogens is 1160 g/mol. The second kappa shape index (κ2) is 50.0. The summed E-state index contributed by atoms with van der Waals surface area (Å²) in [5.74, 6) is 0. The second-order valence-electron chi connectivity index (χ2n) is 15.8. The Bertz CT molecular complexity index is 1310. The molecule has 6 rings (SSSR count). The molecule has 4 aromatic rings. The summed E-state index contributed by atoms with van der Waals surface area (Å²) in [6, 6.07) is 36.2. The molecule has 0 spiro atoms. The molecule has 0 aromatic heterocycles. The number of rotatable bonds is 20. The summed E-state index contributed by atoms with van der Waals surface area (Å²) in [5, 5.41) is 0. The standard InChI is InChI=1S/2C13H9.2C12H26N.2C2H7Si.2ClH.2Hf/c2*1-3-7-12-10(5-1)9-11-6-2-4-8-13(11)12;2*1-2-3-4-5-6-7-8-9-10-11-12-13;2*1-3-2;;;;/h2*1-5,7-8H,9H2;2*13H,2-12H2,1H3;2*3H,1-2H3;2*1H;;/q4*-1;;;;;;/p-2. The van der Waals surface area contributed by atoms with E-state index in [-0.39, 0.29) is 76.5 Å². The first kappa shape index (κ1) is 68.1. The van der Waals surface area contributed by atoms with Crippen molar-refractivity contribution < 1.29 is 76.5 Å². The number of unbranched alkanes of at least 4 members (excludes halogenated alkanes) is 18. The molecule has 2 aliphatic carbocycles. The van der Waals surface area contributed by atoms with Gasteiger partial charge in [0.2, 0.25) is 0 Å². The fourth-order valence-corrected chi connectivity index (χ4v) is 7.22. The molecule has 0 unspecified atom stereocenters. The van der Waals surface area contributed by atoms with Crippen molar-refractivity contribution in [3.8, 4) is 22.3 Å². The van der Waals surface area contributed by atoms with E-state index in [0.29, 0.717) is 13.1 Å². The molecular formula is C54H84Cl2Hf2N2Si2-6. The van der Waals surface area contributed by atoms with E-state index in [1.807, 2.05) is 12.1 Å². The summed E-state index contributed by atoms with van der Waals surface area (Å²) < 4.78 is 0. The van der Waals surface area contributed by atoms with Crippen LogP contribution in [0, 0.1) is 12.1 Å². The van der Waals surface area contributed by atoms with Crippen molar-refractivity contribution in [3.63, 3.8) is 0 Å². The number of benzene rings is 4. The Hall–Kier alpha value is -0.446. The smallest absolute Gasteiger partial charge is 0.0213 e. The van der Waals surface area contributed by atoms with Crippen LogP contribution < -0.4 is 24.8 Å². The molecule has 0 bridgehead atoms. The van der Waals surface area contributed by atoms with Crippen molar-refractivity contribution in [3.05, 3.63) is 131 Å². The summed E-state index contributed by atoms with van der Waals surface area (Å²) in [4.78, 5) is 0. The van der Waals surface area contributed by atoms with E-state index >= 15 is 0 Å². The van der Waals surface area contributed by atoms with Crippen LogP contribution in [0.3, 0.4) is 0 Å². The molecule has 4 aromatic carbocycles. The third-order valence-electron chi connectivity index (χ3n) is 10.3. The molecule has 0 saturated carbocycles. The van der Waals surface area contributed by atoms with Gasteiger partial charge in [-0.05, 0) is 12.8 Å². The van der Waals surface area contributed by atoms with Gasteiger partial charge in [-0.15, -0.1) is 11.1 Å². The van der Waals surface area contributed by atoms with E-state index in [1.54, 1.807) is 0 Å². The van der Waals surface area contributed by atoms with Gasteiger partial charge in [0.1, 0.15) is 0 Å². The third-order valence-corrected chi connectivity index (χ3v) is 10.3. The van der Waals surface area contributed by atoms with E-state index in [1.165, 1.54) is 160 Å². The predicted octanol–water partition coefficient (Wildman–Crippen LogP) is 11.1. The molecule has 0 aliphatic heterocycles. The maximum absolute atomic E-state index is 7.00. The maximum atomic E-state index is 7.00. The Morgan fingerprint density at radius 3 is 0.952 bits per heavy atom. The van der Waals surface area contributed by atoms with Crippen LogP contribution in [0.1, 0.15) is 165 Å². The van der Waals surface area contributed by atoms with Crippen LogP contribution >= 0.6 is 0 Å². The Labute approximate surface area is 439 Å². The van der Waals surface area contributed by atoms with Gasteiger partial charge in [-0.2, -0.15) is 72.7 Å². The van der Waals surface area contributed by atoms with E-state index in [2.05, 4.69) is 125 Å². The third kappa shape index (κ3) is 32.3. The number of hydrogen-bond acceptors (Lipinski definition) is 0. The van der Waals surface area contributed by atoms with Gasteiger partial charge >= 0.3 is 0 Å². The first-order chi connectivity index (χ1) is 28.6. The largest absolute Gasteiger partial charge is 1.00 e. The van der Waals surface area contributed by atoms with Crippen LogP contribution in [0.15, 0.2) is 84.9 Å². The number of fused-ring (bicyclic) bond motifs is 6. The maximum Gasteiger partial charge on any atom is 0.0213 e. The Morgan fingerprint density at radius 2 is 0.661 bits per heavy atom. The molecule has 0 saturated heterocycles. The van der Waals surface area contributed by atoms with Crippen LogP contribution in [0.5, 0.6) is 0 Å². The predicted molar refractivity (Wildman–Crippen MR) is 267 cm³/mol. The summed E-state index contributed by atoms with van der Waals surface area (Å²) in [5.41, 5.74) is 25.0. The quantitative estimate of drug-likeness (QED) is 0.0416. The van der Waals surface area contributed by atoms with E-state index < -0.39 is 0 Å². The zero-order valence-electron chi connectivity index (χ0n) is 40.0. The molecule has 0 fully saturated rings. The zero-order chi connectivity index (χ0) is 42.3. The average molecular weight is 1250 g/mol. The van der Waals surface area contributed by atoms with Crippen LogP contribution in [-0.2, 0) is 64.5 Å². The Balaban J connectivity index is -0.000000339. The van der Waals surface area contributed by atoms with Crippen molar-refractivity contribution >= 4 is 19.0 Å². The van der Waals surface area contributed by atoms with E-state index in [0.717, 1.165) is 44.7 Å². The molecule has 2 aliphatic rings. The summed E-state index contributed by atoms with van der Waals surface area (Å²) in [6.07, 6.45) is 29.3. The van der Waals surface area contributed by atoms with E-state index in [9.17, 15) is 0 Å². The molecule has 2 nitrogen and oxygen atoms in total. The minimum atomic E-state index is 0. The Kier molecular flexibility index (Phi) is 54.9. The normalized spacial score (nSPS) is 10.2. The van der Waals surface area contributed by atoms with E-state index in [4.69, 9.17) is 11.5 Å². The number of nitrogens with one attached hydrogen (secondary N) is 2. The summed E-state index contributed by atoms with van der Waals surface area (Å²) in [6.45, 7) is 14.6. The van der Waals surface area contributed by atoms with Gasteiger partial charge in [-0.1, -0.05) is 239 Å². The van der Waals surface area contributed by atoms with Crippen LogP contribution in [0.4, 0.5) is 0 Å². The van der Waals surface area contributed by atoms with Crippen molar-refractivity contribution in [1.82, 2.24) is 0 Å². The van der Waals surface area contributed by atoms with Gasteiger partial charge in [0.05, 0.1) is 0 Å². The molecule has 2 radical (unpaired) electrons. The van der Waals surface area contributed by atoms with Crippen molar-refractivity contribution in [2.45, 2.75) is 181 Å². The first-order valence-corrected chi connectivity index (χ1v) is 28.1. The average Bonchev–Trinajstić information content (AvgIpc) is 3.83.